The lowest BCUT2D eigenvalue weighted by molar-refractivity contribution is 0.597. The summed E-state index contributed by atoms with van der Waals surface area (Å²) in [5, 5.41) is 24.4. The summed E-state index contributed by atoms with van der Waals surface area (Å²) < 4.78 is 23.1. The molecule has 1 aromatic carbocycles. The Balaban J connectivity index is 3.28. The first kappa shape index (κ1) is 15.1. The molecule has 0 unspecified atom stereocenters. The number of benzene rings is 1. The monoisotopic (exact) mass is 344 g/mol. The average molecular weight is 345 g/mol. The standard InChI is InChI=1S/C9H9BrN6O2S/c10-5-2-1-3-6(8(5)19(14,17)18)15-16-7(4-11)9(12)13/h1-3,15H,(H3,12,13)(H2,14,17,18)/b16-7+. The summed E-state index contributed by atoms with van der Waals surface area (Å²) in [5.41, 5.74) is 7.14. The molecule has 0 radical (unpaired) electrons. The zero-order valence-electron chi connectivity index (χ0n) is 9.38. The molecular weight excluding hydrogens is 336 g/mol. The number of hydrazone groups is 1. The molecule has 19 heavy (non-hydrogen) atoms. The summed E-state index contributed by atoms with van der Waals surface area (Å²) in [6.07, 6.45) is 0. The molecule has 100 valence electrons. The number of hydrogen-bond donors (Lipinski definition) is 4. The highest BCUT2D eigenvalue weighted by Crippen LogP contribution is 2.28. The van der Waals surface area contributed by atoms with Gasteiger partial charge in [-0.3, -0.25) is 10.8 Å². The fraction of sp³-hybridized carbons (Fsp3) is 0. The van der Waals surface area contributed by atoms with Crippen molar-refractivity contribution in [2.45, 2.75) is 4.90 Å². The number of sulfonamides is 1. The molecule has 0 atom stereocenters. The molecule has 0 aliphatic carbocycles. The van der Waals surface area contributed by atoms with Gasteiger partial charge in [0.1, 0.15) is 11.0 Å². The SMILES string of the molecule is N#C/C(=N\Nc1cccc(Br)c1S(N)(=O)=O)C(=N)N. The smallest absolute Gasteiger partial charge is 0.241 e. The zero-order valence-corrected chi connectivity index (χ0v) is 11.8. The number of primary sulfonamides is 1. The highest BCUT2D eigenvalue weighted by Gasteiger charge is 2.17. The number of amidine groups is 1. The molecule has 0 aliphatic heterocycles. The van der Waals surface area contributed by atoms with Crippen LogP contribution >= 0.6 is 15.9 Å². The molecule has 0 heterocycles. The summed E-state index contributed by atoms with van der Waals surface area (Å²) in [6, 6.07) is 6.04. The van der Waals surface area contributed by atoms with Gasteiger partial charge in [0.15, 0.2) is 5.84 Å². The van der Waals surface area contributed by atoms with Crippen LogP contribution in [0.25, 0.3) is 0 Å². The quantitative estimate of drug-likeness (QED) is 0.351. The maximum atomic E-state index is 11.4. The van der Waals surface area contributed by atoms with Gasteiger partial charge < -0.3 is 5.73 Å². The van der Waals surface area contributed by atoms with Crippen molar-refractivity contribution < 1.29 is 8.42 Å². The van der Waals surface area contributed by atoms with Crippen molar-refractivity contribution in [2.75, 3.05) is 5.43 Å². The Kier molecular flexibility index (Phi) is 4.60. The highest BCUT2D eigenvalue weighted by atomic mass is 79.9. The molecule has 0 aromatic heterocycles. The lowest BCUT2D eigenvalue weighted by Gasteiger charge is -2.08. The first-order chi connectivity index (χ1) is 8.77. The Morgan fingerprint density at radius 3 is 2.63 bits per heavy atom. The molecule has 1 rings (SSSR count). The van der Waals surface area contributed by atoms with E-state index in [1.807, 2.05) is 0 Å². The number of nitrogens with one attached hydrogen (secondary N) is 2. The normalized spacial score (nSPS) is 11.7. The molecule has 1 aromatic rings. The van der Waals surface area contributed by atoms with Gasteiger partial charge in [-0.25, -0.2) is 13.6 Å². The van der Waals surface area contributed by atoms with E-state index >= 15 is 0 Å². The molecule has 0 fully saturated rings. The van der Waals surface area contributed by atoms with Crippen LogP contribution in [0.15, 0.2) is 32.7 Å². The maximum Gasteiger partial charge on any atom is 0.241 e. The molecule has 0 bridgehead atoms. The van der Waals surface area contributed by atoms with Crippen LogP contribution in [0.2, 0.25) is 0 Å². The van der Waals surface area contributed by atoms with Crippen LogP contribution in [-0.4, -0.2) is 20.0 Å². The van der Waals surface area contributed by atoms with Gasteiger partial charge in [-0.2, -0.15) is 10.4 Å². The van der Waals surface area contributed by atoms with E-state index in [1.54, 1.807) is 12.1 Å². The number of nitrogens with two attached hydrogens (primary N) is 2. The molecule has 0 aliphatic rings. The van der Waals surface area contributed by atoms with Gasteiger partial charge >= 0.3 is 0 Å². The van der Waals surface area contributed by atoms with Crippen LogP contribution in [0.4, 0.5) is 5.69 Å². The van der Waals surface area contributed by atoms with Gasteiger partial charge in [-0.05, 0) is 28.1 Å². The van der Waals surface area contributed by atoms with Crippen molar-refractivity contribution in [2.24, 2.45) is 16.0 Å². The number of rotatable bonds is 4. The second kappa shape index (κ2) is 5.79. The van der Waals surface area contributed by atoms with Gasteiger partial charge in [0.05, 0.1) is 5.69 Å². The van der Waals surface area contributed by atoms with Crippen molar-refractivity contribution in [3.63, 3.8) is 0 Å². The van der Waals surface area contributed by atoms with Crippen LogP contribution in [0, 0.1) is 16.7 Å². The van der Waals surface area contributed by atoms with E-state index in [-0.39, 0.29) is 20.8 Å². The number of anilines is 1. The summed E-state index contributed by atoms with van der Waals surface area (Å²) in [6.45, 7) is 0. The topological polar surface area (TPSA) is 158 Å². The van der Waals surface area contributed by atoms with E-state index in [1.165, 1.54) is 12.1 Å². The third kappa shape index (κ3) is 3.75. The van der Waals surface area contributed by atoms with Gasteiger partial charge in [0, 0.05) is 4.47 Å². The molecule has 10 heteroatoms. The predicted molar refractivity (Wildman–Crippen MR) is 74.1 cm³/mol. The fourth-order valence-corrected chi connectivity index (χ4v) is 2.95. The highest BCUT2D eigenvalue weighted by molar-refractivity contribution is 9.10. The van der Waals surface area contributed by atoms with Crippen LogP contribution in [0.1, 0.15) is 0 Å². The van der Waals surface area contributed by atoms with Gasteiger partial charge in [0.25, 0.3) is 0 Å². The lowest BCUT2D eigenvalue weighted by atomic mass is 10.3. The second-order valence-corrected chi connectivity index (χ2v) is 5.61. The van der Waals surface area contributed by atoms with Gasteiger partial charge in [-0.1, -0.05) is 6.07 Å². The zero-order chi connectivity index (χ0) is 14.6. The van der Waals surface area contributed by atoms with Gasteiger partial charge in [-0.15, -0.1) is 0 Å². The number of nitriles is 1. The number of nitrogens with zero attached hydrogens (tertiary/aromatic N) is 2. The van der Waals surface area contributed by atoms with E-state index < -0.39 is 15.9 Å². The Morgan fingerprint density at radius 1 is 1.53 bits per heavy atom. The number of hydrogen-bond acceptors (Lipinski definition) is 6. The average Bonchev–Trinajstić information content (AvgIpc) is 2.27. The predicted octanol–water partition coefficient (Wildman–Crippen LogP) is 0.324. The lowest BCUT2D eigenvalue weighted by Crippen LogP contribution is -2.22. The van der Waals surface area contributed by atoms with Gasteiger partial charge in [0.2, 0.25) is 15.7 Å². The molecule has 8 nitrogen and oxygen atoms in total. The Morgan fingerprint density at radius 2 is 2.16 bits per heavy atom. The summed E-state index contributed by atoms with van der Waals surface area (Å²) in [5.74, 6) is -0.540. The molecule has 0 saturated heterocycles. The summed E-state index contributed by atoms with van der Waals surface area (Å²) >= 11 is 3.06. The molecule has 6 N–H and O–H groups in total. The summed E-state index contributed by atoms with van der Waals surface area (Å²) in [4.78, 5) is -0.209. The molecule has 0 amide bonds. The van der Waals surface area contributed by atoms with Crippen molar-refractivity contribution in [1.82, 2.24) is 0 Å². The van der Waals surface area contributed by atoms with Crippen molar-refractivity contribution in [1.29, 1.82) is 10.7 Å². The fourth-order valence-electron chi connectivity index (χ4n) is 1.15. The number of halogens is 1. The van der Waals surface area contributed by atoms with Crippen molar-refractivity contribution >= 4 is 43.2 Å². The van der Waals surface area contributed by atoms with E-state index in [0.29, 0.717) is 0 Å². The minimum absolute atomic E-state index is 0.0610. The van der Waals surface area contributed by atoms with E-state index in [0.717, 1.165) is 0 Å². The Bertz CT molecular complexity index is 691. The first-order valence-electron chi connectivity index (χ1n) is 4.67. The second-order valence-electron chi connectivity index (χ2n) is 3.26. The third-order valence-corrected chi connectivity index (χ3v) is 3.83. The summed E-state index contributed by atoms with van der Waals surface area (Å²) in [7, 11) is -3.99. The molecular formula is C9H9BrN6O2S. The third-order valence-electron chi connectivity index (χ3n) is 1.90. The van der Waals surface area contributed by atoms with Crippen molar-refractivity contribution in [3.8, 4) is 6.07 Å². The Labute approximate surface area is 117 Å². The van der Waals surface area contributed by atoms with Crippen LogP contribution in [0.3, 0.4) is 0 Å². The largest absolute Gasteiger partial charge is 0.382 e. The van der Waals surface area contributed by atoms with E-state index in [4.69, 9.17) is 21.5 Å². The maximum absolute atomic E-state index is 11.4. The Hall–Kier alpha value is -1.96. The van der Waals surface area contributed by atoms with E-state index in [9.17, 15) is 8.42 Å². The molecule has 0 saturated carbocycles. The minimum atomic E-state index is -3.99. The van der Waals surface area contributed by atoms with E-state index in [2.05, 4.69) is 26.5 Å². The minimum Gasteiger partial charge on any atom is -0.382 e. The molecule has 0 spiro atoms. The van der Waals surface area contributed by atoms with Crippen LogP contribution in [-0.2, 0) is 10.0 Å². The van der Waals surface area contributed by atoms with Crippen LogP contribution in [0.5, 0.6) is 0 Å². The first-order valence-corrected chi connectivity index (χ1v) is 7.00. The van der Waals surface area contributed by atoms with Crippen LogP contribution < -0.4 is 16.3 Å². The van der Waals surface area contributed by atoms with Crippen molar-refractivity contribution in [3.05, 3.63) is 22.7 Å².